The Morgan fingerprint density at radius 3 is 1.93 bits per heavy atom. The van der Waals surface area contributed by atoms with Crippen LogP contribution in [-0.2, 0) is 0 Å². The van der Waals surface area contributed by atoms with E-state index in [1.807, 2.05) is 0 Å². The summed E-state index contributed by atoms with van der Waals surface area (Å²) in [6.07, 6.45) is 13.1. The monoisotopic (exact) mass is 212 g/mol. The third-order valence-electron chi connectivity index (χ3n) is 3.95. The predicted octanol–water partition coefficient (Wildman–Crippen LogP) is 3.98. The highest BCUT2D eigenvalue weighted by atomic mass is 15.3. The molecule has 0 aliphatic carbocycles. The number of nitrogens with zero attached hydrogens (tertiary/aromatic N) is 1. The van der Waals surface area contributed by atoms with E-state index >= 15 is 0 Å². The minimum atomic E-state index is 1.37. The third-order valence-corrected chi connectivity index (χ3v) is 3.95. The summed E-state index contributed by atoms with van der Waals surface area (Å²) in [5, 5.41) is 0. The molecule has 1 saturated heterocycles. The average Bonchev–Trinajstić information content (AvgIpc) is 2.64. The number of quaternary nitrogens is 1. The molecule has 1 nitrogen and oxygen atoms in total. The van der Waals surface area contributed by atoms with Crippen molar-refractivity contribution in [3.63, 3.8) is 0 Å². The molecule has 0 saturated carbocycles. The zero-order valence-electron chi connectivity index (χ0n) is 10.9. The first-order valence-corrected chi connectivity index (χ1v) is 7.10. The van der Waals surface area contributed by atoms with Crippen molar-refractivity contribution in [3.8, 4) is 0 Å². The smallest absolute Gasteiger partial charge is 0.0786 e. The first-order valence-electron chi connectivity index (χ1n) is 7.10. The maximum atomic E-state index is 2.45. The van der Waals surface area contributed by atoms with E-state index < -0.39 is 0 Å². The molecule has 1 fully saturated rings. The van der Waals surface area contributed by atoms with Gasteiger partial charge >= 0.3 is 0 Å². The van der Waals surface area contributed by atoms with Crippen molar-refractivity contribution in [1.82, 2.24) is 0 Å². The summed E-state index contributed by atoms with van der Waals surface area (Å²) in [5.74, 6) is 0. The van der Waals surface area contributed by atoms with Gasteiger partial charge in [-0.25, -0.2) is 0 Å². The maximum absolute atomic E-state index is 2.45. The van der Waals surface area contributed by atoms with Gasteiger partial charge in [-0.15, -0.1) is 0 Å². The fourth-order valence-corrected chi connectivity index (χ4v) is 2.77. The Hall–Kier alpha value is -0.0400. The lowest BCUT2D eigenvalue weighted by Crippen LogP contribution is -2.41. The Balaban J connectivity index is 1.88. The molecule has 0 aromatic rings. The number of rotatable bonds is 8. The van der Waals surface area contributed by atoms with Crippen LogP contribution in [0.2, 0.25) is 0 Å². The molecule has 90 valence electrons. The van der Waals surface area contributed by atoms with E-state index in [1.54, 1.807) is 0 Å². The summed E-state index contributed by atoms with van der Waals surface area (Å²) in [7, 11) is 2.45. The number of hydrogen-bond acceptors (Lipinski definition) is 0. The average molecular weight is 212 g/mol. The lowest BCUT2D eigenvalue weighted by molar-refractivity contribution is -0.897. The van der Waals surface area contributed by atoms with Gasteiger partial charge < -0.3 is 4.48 Å². The van der Waals surface area contributed by atoms with Gasteiger partial charge in [-0.1, -0.05) is 39.0 Å². The second-order valence-corrected chi connectivity index (χ2v) is 5.62. The number of likely N-dealkylation sites (tertiary alicyclic amines) is 1. The van der Waals surface area contributed by atoms with Crippen molar-refractivity contribution in [2.75, 3.05) is 26.7 Å². The third kappa shape index (κ3) is 5.55. The lowest BCUT2D eigenvalue weighted by atomic mass is 10.1. The first kappa shape index (κ1) is 13.0. The van der Waals surface area contributed by atoms with E-state index in [1.165, 1.54) is 81.9 Å². The Kier molecular flexibility index (Phi) is 6.31. The van der Waals surface area contributed by atoms with Gasteiger partial charge in [0.15, 0.2) is 0 Å². The Morgan fingerprint density at radius 2 is 1.33 bits per heavy atom. The van der Waals surface area contributed by atoms with Crippen LogP contribution in [0.15, 0.2) is 0 Å². The molecule has 0 atom stereocenters. The van der Waals surface area contributed by atoms with Crippen LogP contribution in [0.3, 0.4) is 0 Å². The molecule has 1 aliphatic heterocycles. The molecule has 0 N–H and O–H groups in total. The first-order chi connectivity index (χ1) is 7.27. The second-order valence-electron chi connectivity index (χ2n) is 5.62. The standard InChI is InChI=1S/C14H30N/c1-3-4-5-6-7-8-9-12-15(2)13-10-11-14-15/h3-14H2,1-2H3/q+1. The van der Waals surface area contributed by atoms with Crippen LogP contribution in [0.4, 0.5) is 0 Å². The van der Waals surface area contributed by atoms with Crippen LogP contribution in [0.1, 0.15) is 64.7 Å². The summed E-state index contributed by atoms with van der Waals surface area (Å²) in [5.41, 5.74) is 0. The van der Waals surface area contributed by atoms with Crippen LogP contribution in [0, 0.1) is 0 Å². The molecule has 1 heteroatoms. The van der Waals surface area contributed by atoms with E-state index in [4.69, 9.17) is 0 Å². The molecule has 0 unspecified atom stereocenters. The minimum absolute atomic E-state index is 1.37. The predicted molar refractivity (Wildman–Crippen MR) is 68.0 cm³/mol. The molecular weight excluding hydrogens is 182 g/mol. The van der Waals surface area contributed by atoms with Crippen molar-refractivity contribution in [2.24, 2.45) is 0 Å². The second kappa shape index (κ2) is 7.27. The van der Waals surface area contributed by atoms with Crippen molar-refractivity contribution in [1.29, 1.82) is 0 Å². The van der Waals surface area contributed by atoms with E-state index in [9.17, 15) is 0 Å². The lowest BCUT2D eigenvalue weighted by Gasteiger charge is -2.29. The van der Waals surface area contributed by atoms with Crippen LogP contribution in [0.25, 0.3) is 0 Å². The maximum Gasteiger partial charge on any atom is 0.0786 e. The molecular formula is C14H30N+. The van der Waals surface area contributed by atoms with Gasteiger partial charge in [0.1, 0.15) is 0 Å². The Bertz CT molecular complexity index is 147. The molecule has 0 bridgehead atoms. The normalized spacial score (nSPS) is 19.6. The zero-order valence-corrected chi connectivity index (χ0v) is 10.9. The van der Waals surface area contributed by atoms with Crippen LogP contribution < -0.4 is 0 Å². The quantitative estimate of drug-likeness (QED) is 0.422. The van der Waals surface area contributed by atoms with Crippen LogP contribution in [0.5, 0.6) is 0 Å². The van der Waals surface area contributed by atoms with Crippen LogP contribution >= 0.6 is 0 Å². The van der Waals surface area contributed by atoms with Gasteiger partial charge in [0.25, 0.3) is 0 Å². The molecule has 0 spiro atoms. The van der Waals surface area contributed by atoms with Gasteiger partial charge in [-0.05, 0) is 12.8 Å². The molecule has 1 heterocycles. The summed E-state index contributed by atoms with van der Waals surface area (Å²) in [6, 6.07) is 0. The largest absolute Gasteiger partial charge is 0.326 e. The highest BCUT2D eigenvalue weighted by Gasteiger charge is 2.25. The van der Waals surface area contributed by atoms with Crippen molar-refractivity contribution in [2.45, 2.75) is 64.7 Å². The van der Waals surface area contributed by atoms with E-state index in [2.05, 4.69) is 14.0 Å². The summed E-state index contributed by atoms with van der Waals surface area (Å²) < 4.78 is 1.37. The highest BCUT2D eigenvalue weighted by molar-refractivity contribution is 4.52. The van der Waals surface area contributed by atoms with E-state index in [-0.39, 0.29) is 0 Å². The fraction of sp³-hybridized carbons (Fsp3) is 1.00. The summed E-state index contributed by atoms with van der Waals surface area (Å²) >= 11 is 0. The van der Waals surface area contributed by atoms with Gasteiger partial charge in [-0.2, -0.15) is 0 Å². The molecule has 15 heavy (non-hydrogen) atoms. The molecule has 0 aromatic heterocycles. The van der Waals surface area contributed by atoms with Crippen molar-refractivity contribution in [3.05, 3.63) is 0 Å². The minimum Gasteiger partial charge on any atom is -0.326 e. The zero-order chi connectivity index (χ0) is 11.0. The van der Waals surface area contributed by atoms with Gasteiger partial charge in [0, 0.05) is 12.8 Å². The molecule has 1 rings (SSSR count). The fourth-order valence-electron chi connectivity index (χ4n) is 2.77. The van der Waals surface area contributed by atoms with E-state index in [0.29, 0.717) is 0 Å². The summed E-state index contributed by atoms with van der Waals surface area (Å²) in [4.78, 5) is 0. The topological polar surface area (TPSA) is 0 Å². The molecule has 0 amide bonds. The Morgan fingerprint density at radius 1 is 0.800 bits per heavy atom. The molecule has 1 aliphatic rings. The Labute approximate surface area is 96.4 Å². The van der Waals surface area contributed by atoms with E-state index in [0.717, 1.165) is 0 Å². The van der Waals surface area contributed by atoms with Gasteiger partial charge in [0.05, 0.1) is 26.7 Å². The van der Waals surface area contributed by atoms with Crippen molar-refractivity contribution >= 4 is 0 Å². The SMILES string of the molecule is CCCCCCCCC[N+]1(C)CCCC1. The molecule has 0 radical (unpaired) electrons. The summed E-state index contributed by atoms with van der Waals surface area (Å²) in [6.45, 7) is 6.61. The van der Waals surface area contributed by atoms with Gasteiger partial charge in [0.2, 0.25) is 0 Å². The number of hydrogen-bond donors (Lipinski definition) is 0. The van der Waals surface area contributed by atoms with Gasteiger partial charge in [-0.3, -0.25) is 0 Å². The highest BCUT2D eigenvalue weighted by Crippen LogP contribution is 2.18. The van der Waals surface area contributed by atoms with Crippen LogP contribution in [-0.4, -0.2) is 31.2 Å². The number of unbranched alkanes of at least 4 members (excludes halogenated alkanes) is 6. The molecule has 0 aromatic carbocycles. The van der Waals surface area contributed by atoms with Crippen molar-refractivity contribution < 1.29 is 4.48 Å².